The molecule has 1 amide bonds. The SMILES string of the molecule is COc1nc(NC(C)=O)nc2c1ncn2[C@@H]1O[C@H](COC(C)=O)[C@@H](OC(C)=O)[C@H]1OC(C)=O. The van der Waals surface area contributed by atoms with E-state index >= 15 is 0 Å². The Bertz CT molecular complexity index is 1090. The molecule has 0 aliphatic carbocycles. The molecule has 0 unspecified atom stereocenters. The molecule has 2 aromatic heterocycles. The molecule has 1 saturated heterocycles. The minimum Gasteiger partial charge on any atom is -0.479 e. The molecule has 0 aromatic carbocycles. The molecule has 0 saturated carbocycles. The summed E-state index contributed by atoms with van der Waals surface area (Å²) >= 11 is 0. The fourth-order valence-corrected chi connectivity index (χ4v) is 3.35. The molecule has 1 aliphatic heterocycles. The maximum Gasteiger partial charge on any atom is 0.303 e. The number of hydrogen-bond acceptors (Lipinski definition) is 12. The summed E-state index contributed by atoms with van der Waals surface area (Å²) in [7, 11) is 1.37. The summed E-state index contributed by atoms with van der Waals surface area (Å²) < 4.78 is 28.5. The zero-order valence-corrected chi connectivity index (χ0v) is 18.6. The summed E-state index contributed by atoms with van der Waals surface area (Å²) in [6, 6.07) is 0. The second-order valence-electron chi connectivity index (χ2n) is 7.08. The Kier molecular flexibility index (Phi) is 7.06. The fraction of sp³-hybridized carbons (Fsp3) is 0.526. The van der Waals surface area contributed by atoms with Crippen molar-refractivity contribution in [3.05, 3.63) is 6.33 Å². The van der Waals surface area contributed by atoms with Crippen LogP contribution in [0.25, 0.3) is 11.2 Å². The highest BCUT2D eigenvalue weighted by Crippen LogP contribution is 2.37. The Balaban J connectivity index is 2.09. The van der Waals surface area contributed by atoms with E-state index in [4.69, 9.17) is 23.7 Å². The van der Waals surface area contributed by atoms with Gasteiger partial charge in [0.25, 0.3) is 0 Å². The number of methoxy groups -OCH3 is 1. The minimum absolute atomic E-state index is 0.0522. The molecule has 3 heterocycles. The van der Waals surface area contributed by atoms with Gasteiger partial charge < -0.3 is 23.7 Å². The molecule has 1 N–H and O–H groups in total. The monoisotopic (exact) mass is 465 g/mol. The number of carbonyl (C=O) groups is 4. The lowest BCUT2D eigenvalue weighted by molar-refractivity contribution is -0.166. The van der Waals surface area contributed by atoms with E-state index in [1.165, 1.54) is 45.7 Å². The lowest BCUT2D eigenvalue weighted by atomic mass is 10.1. The van der Waals surface area contributed by atoms with Gasteiger partial charge in [-0.05, 0) is 0 Å². The van der Waals surface area contributed by atoms with E-state index in [0.717, 1.165) is 0 Å². The van der Waals surface area contributed by atoms with E-state index in [9.17, 15) is 19.2 Å². The molecule has 1 aliphatic rings. The first-order valence-electron chi connectivity index (χ1n) is 9.80. The van der Waals surface area contributed by atoms with Gasteiger partial charge >= 0.3 is 17.9 Å². The van der Waals surface area contributed by atoms with Crippen molar-refractivity contribution in [2.24, 2.45) is 0 Å². The van der Waals surface area contributed by atoms with E-state index in [0.29, 0.717) is 0 Å². The molecule has 2 aromatic rings. The maximum absolute atomic E-state index is 11.8. The summed E-state index contributed by atoms with van der Waals surface area (Å²) in [5, 5.41) is 2.46. The van der Waals surface area contributed by atoms with Crippen molar-refractivity contribution < 1.29 is 42.9 Å². The average molecular weight is 465 g/mol. The number of hydrogen-bond donors (Lipinski definition) is 1. The van der Waals surface area contributed by atoms with E-state index in [2.05, 4.69) is 20.3 Å². The summed E-state index contributed by atoms with van der Waals surface area (Å²) in [5.41, 5.74) is 0.423. The number of carbonyl (C=O) groups excluding carboxylic acids is 4. The molecule has 14 heteroatoms. The highest BCUT2D eigenvalue weighted by Gasteiger charge is 2.51. The molecule has 33 heavy (non-hydrogen) atoms. The van der Waals surface area contributed by atoms with Crippen LogP contribution < -0.4 is 10.1 Å². The number of imidazole rings is 1. The van der Waals surface area contributed by atoms with Crippen LogP contribution in [0.2, 0.25) is 0 Å². The van der Waals surface area contributed by atoms with Gasteiger partial charge in [-0.3, -0.25) is 29.1 Å². The van der Waals surface area contributed by atoms with Crippen LogP contribution in [0.3, 0.4) is 0 Å². The van der Waals surface area contributed by atoms with Gasteiger partial charge in [0.15, 0.2) is 29.6 Å². The molecular weight excluding hydrogens is 442 g/mol. The highest BCUT2D eigenvalue weighted by atomic mass is 16.7. The lowest BCUT2D eigenvalue weighted by Crippen LogP contribution is -2.40. The molecule has 1 fully saturated rings. The van der Waals surface area contributed by atoms with Gasteiger partial charge in [-0.25, -0.2) is 4.98 Å². The van der Waals surface area contributed by atoms with Crippen LogP contribution in [0.15, 0.2) is 6.33 Å². The third kappa shape index (κ3) is 5.34. The quantitative estimate of drug-likeness (QED) is 0.433. The van der Waals surface area contributed by atoms with E-state index < -0.39 is 48.4 Å². The van der Waals surface area contributed by atoms with Gasteiger partial charge in [0, 0.05) is 27.7 Å². The van der Waals surface area contributed by atoms with Crippen LogP contribution in [-0.4, -0.2) is 75.4 Å². The fourth-order valence-electron chi connectivity index (χ4n) is 3.35. The van der Waals surface area contributed by atoms with Crippen molar-refractivity contribution in [3.63, 3.8) is 0 Å². The number of nitrogens with one attached hydrogen (secondary N) is 1. The zero-order chi connectivity index (χ0) is 24.3. The van der Waals surface area contributed by atoms with Crippen LogP contribution in [0.5, 0.6) is 5.88 Å². The summed E-state index contributed by atoms with van der Waals surface area (Å²) in [5.74, 6) is -2.26. The largest absolute Gasteiger partial charge is 0.479 e. The van der Waals surface area contributed by atoms with E-state index in [1.54, 1.807) is 0 Å². The molecule has 0 spiro atoms. The normalized spacial score (nSPS) is 22.0. The van der Waals surface area contributed by atoms with Gasteiger partial charge in [0.05, 0.1) is 13.4 Å². The Hall–Kier alpha value is -3.81. The topological polar surface area (TPSA) is 170 Å². The predicted molar refractivity (Wildman–Crippen MR) is 108 cm³/mol. The molecule has 4 atom stereocenters. The predicted octanol–water partition coefficient (Wildman–Crippen LogP) is 0.117. The van der Waals surface area contributed by atoms with E-state index in [-0.39, 0.29) is 29.6 Å². The van der Waals surface area contributed by atoms with Crippen LogP contribution in [0.4, 0.5) is 5.95 Å². The Morgan fingerprint density at radius 1 is 1.03 bits per heavy atom. The highest BCUT2D eigenvalue weighted by molar-refractivity contribution is 5.88. The second kappa shape index (κ2) is 9.77. The number of esters is 3. The number of rotatable bonds is 7. The first-order chi connectivity index (χ1) is 15.6. The first-order valence-corrected chi connectivity index (χ1v) is 9.80. The third-order valence-corrected chi connectivity index (χ3v) is 4.49. The first kappa shape index (κ1) is 23.8. The Labute approximate surface area is 187 Å². The van der Waals surface area contributed by atoms with E-state index in [1.807, 2.05) is 0 Å². The van der Waals surface area contributed by atoms with Gasteiger partial charge in [-0.15, -0.1) is 0 Å². The van der Waals surface area contributed by atoms with Crippen molar-refractivity contribution in [1.82, 2.24) is 19.5 Å². The van der Waals surface area contributed by atoms with Crippen LogP contribution in [0, 0.1) is 0 Å². The zero-order valence-electron chi connectivity index (χ0n) is 18.6. The molecule has 178 valence electrons. The molecule has 14 nitrogen and oxygen atoms in total. The van der Waals surface area contributed by atoms with Crippen molar-refractivity contribution in [3.8, 4) is 5.88 Å². The van der Waals surface area contributed by atoms with Gasteiger partial charge in [-0.1, -0.05) is 0 Å². The molecule has 0 bridgehead atoms. The lowest BCUT2D eigenvalue weighted by Gasteiger charge is -2.23. The number of nitrogens with zero attached hydrogens (tertiary/aromatic N) is 4. The van der Waals surface area contributed by atoms with Crippen molar-refractivity contribution in [1.29, 1.82) is 0 Å². The summed E-state index contributed by atoms with van der Waals surface area (Å²) in [6.07, 6.45) is -2.90. The van der Waals surface area contributed by atoms with Gasteiger partial charge in [0.1, 0.15) is 12.7 Å². The third-order valence-electron chi connectivity index (χ3n) is 4.49. The van der Waals surface area contributed by atoms with Crippen LogP contribution in [-0.2, 0) is 38.1 Å². The van der Waals surface area contributed by atoms with Crippen LogP contribution in [0.1, 0.15) is 33.9 Å². The number of ether oxygens (including phenoxy) is 5. The Morgan fingerprint density at radius 3 is 2.27 bits per heavy atom. The average Bonchev–Trinajstić information content (AvgIpc) is 3.26. The number of fused-ring (bicyclic) bond motifs is 1. The van der Waals surface area contributed by atoms with Crippen LogP contribution >= 0.6 is 0 Å². The van der Waals surface area contributed by atoms with Crippen molar-refractivity contribution in [2.45, 2.75) is 52.2 Å². The minimum atomic E-state index is -1.13. The molecular formula is C19H23N5O9. The summed E-state index contributed by atoms with van der Waals surface area (Å²) in [6.45, 7) is 4.62. The Morgan fingerprint density at radius 2 is 1.70 bits per heavy atom. The standard InChI is InChI=1S/C19H23N5O9/c1-8(25)21-19-22-16-13(17(23-19)29-5)20-7-24(16)18-15(32-11(4)28)14(31-10(3)27)12(33-18)6-30-9(2)26/h7,12,14-15,18H,6H2,1-5H3,(H,21,22,23,25)/t12-,14-,15-,18-/m1/s1. The molecule has 0 radical (unpaired) electrons. The van der Waals surface area contributed by atoms with Crippen molar-refractivity contribution >= 4 is 40.9 Å². The number of anilines is 1. The van der Waals surface area contributed by atoms with Gasteiger partial charge in [-0.2, -0.15) is 9.97 Å². The molecule has 3 rings (SSSR count). The number of aromatic nitrogens is 4. The van der Waals surface area contributed by atoms with Gasteiger partial charge in [0.2, 0.25) is 17.7 Å². The second-order valence-corrected chi connectivity index (χ2v) is 7.08. The maximum atomic E-state index is 11.8. The number of amides is 1. The van der Waals surface area contributed by atoms with Crippen molar-refractivity contribution in [2.75, 3.05) is 19.0 Å². The summed E-state index contributed by atoms with van der Waals surface area (Å²) in [4.78, 5) is 59.0. The smallest absolute Gasteiger partial charge is 0.303 e.